The lowest BCUT2D eigenvalue weighted by atomic mass is 10.5. The summed E-state index contributed by atoms with van der Waals surface area (Å²) < 4.78 is 9.88. The van der Waals surface area contributed by atoms with Gasteiger partial charge < -0.3 is 14.6 Å². The summed E-state index contributed by atoms with van der Waals surface area (Å²) in [6, 6.07) is 0.187. The number of hydrogen-bond acceptors (Lipinski definition) is 8. The van der Waals surface area contributed by atoms with Gasteiger partial charge in [-0.15, -0.1) is 0 Å². The van der Waals surface area contributed by atoms with Gasteiger partial charge in [0.25, 0.3) is 0 Å². The van der Waals surface area contributed by atoms with E-state index in [2.05, 4.69) is 34.9 Å². The van der Waals surface area contributed by atoms with E-state index in [4.69, 9.17) is 16.3 Å². The maximum atomic E-state index is 5.76. The van der Waals surface area contributed by atoms with E-state index in [1.807, 2.05) is 6.92 Å². The molecule has 0 unspecified atom stereocenters. The third-order valence-electron chi connectivity index (χ3n) is 1.83. The van der Waals surface area contributed by atoms with Crippen LogP contribution in [0.2, 0.25) is 5.28 Å². The molecule has 0 saturated carbocycles. The Labute approximate surface area is 108 Å². The van der Waals surface area contributed by atoms with E-state index >= 15 is 0 Å². The third kappa shape index (κ3) is 3.52. The number of nitrogens with zero attached hydrogens (tertiary/aromatic N) is 5. The van der Waals surface area contributed by atoms with Crippen LogP contribution in [0.3, 0.4) is 0 Å². The second-order valence-electron chi connectivity index (χ2n) is 3.26. The monoisotopic (exact) mass is 270 g/mol. The minimum absolute atomic E-state index is 0.0618. The molecule has 0 amide bonds. The van der Waals surface area contributed by atoms with Gasteiger partial charge in [0.2, 0.25) is 17.6 Å². The van der Waals surface area contributed by atoms with Gasteiger partial charge in [-0.2, -0.15) is 19.9 Å². The lowest BCUT2D eigenvalue weighted by molar-refractivity contribution is 0.291. The van der Waals surface area contributed by atoms with Gasteiger partial charge in [0, 0.05) is 0 Å². The van der Waals surface area contributed by atoms with E-state index in [0.717, 1.165) is 6.42 Å². The molecule has 0 spiro atoms. The van der Waals surface area contributed by atoms with Gasteiger partial charge in [-0.05, 0) is 18.0 Å². The SMILES string of the molecule is CCCOc1nc(Cl)nc(NCc2ncon2)n1. The highest BCUT2D eigenvalue weighted by Crippen LogP contribution is 2.11. The first-order chi connectivity index (χ1) is 8.78. The van der Waals surface area contributed by atoms with E-state index in [9.17, 15) is 0 Å². The van der Waals surface area contributed by atoms with Crippen molar-refractivity contribution in [2.24, 2.45) is 0 Å². The lowest BCUT2D eigenvalue weighted by Gasteiger charge is -2.05. The molecule has 0 radical (unpaired) electrons. The predicted octanol–water partition coefficient (Wildman–Crippen LogP) is 1.31. The van der Waals surface area contributed by atoms with Gasteiger partial charge >= 0.3 is 6.01 Å². The topological polar surface area (TPSA) is 98.9 Å². The molecule has 2 aromatic rings. The number of nitrogens with one attached hydrogen (secondary N) is 1. The summed E-state index contributed by atoms with van der Waals surface area (Å²) in [5.41, 5.74) is 0. The van der Waals surface area contributed by atoms with Crippen molar-refractivity contribution in [3.8, 4) is 6.01 Å². The third-order valence-corrected chi connectivity index (χ3v) is 2.00. The maximum absolute atomic E-state index is 5.76. The molecule has 0 aromatic carbocycles. The van der Waals surface area contributed by atoms with Crippen LogP contribution in [0.25, 0.3) is 0 Å². The predicted molar refractivity (Wildman–Crippen MR) is 62.2 cm³/mol. The average Bonchev–Trinajstić information content (AvgIpc) is 2.86. The zero-order chi connectivity index (χ0) is 12.8. The average molecular weight is 271 g/mol. The van der Waals surface area contributed by atoms with E-state index < -0.39 is 0 Å². The first kappa shape index (κ1) is 12.5. The van der Waals surface area contributed by atoms with Crippen molar-refractivity contribution in [3.05, 3.63) is 17.5 Å². The molecule has 0 bridgehead atoms. The molecule has 0 saturated heterocycles. The fraction of sp³-hybridized carbons (Fsp3) is 0.444. The summed E-state index contributed by atoms with van der Waals surface area (Å²) in [6.45, 7) is 2.83. The molecule has 18 heavy (non-hydrogen) atoms. The molecule has 0 aliphatic rings. The van der Waals surface area contributed by atoms with E-state index in [1.54, 1.807) is 0 Å². The van der Waals surface area contributed by atoms with Crippen LogP contribution in [0, 0.1) is 0 Å². The Morgan fingerprint density at radius 2 is 2.28 bits per heavy atom. The van der Waals surface area contributed by atoms with Gasteiger partial charge in [-0.3, -0.25) is 0 Å². The summed E-state index contributed by atoms with van der Waals surface area (Å²) in [6.07, 6.45) is 2.10. The van der Waals surface area contributed by atoms with Gasteiger partial charge in [0.05, 0.1) is 13.2 Å². The Hall–Kier alpha value is -1.96. The smallest absolute Gasteiger partial charge is 0.322 e. The van der Waals surface area contributed by atoms with Crippen molar-refractivity contribution in [1.29, 1.82) is 0 Å². The summed E-state index contributed by atoms with van der Waals surface area (Å²) in [5, 5.41) is 6.60. The van der Waals surface area contributed by atoms with Crippen molar-refractivity contribution in [1.82, 2.24) is 25.1 Å². The molecule has 8 nitrogen and oxygen atoms in total. The van der Waals surface area contributed by atoms with Gasteiger partial charge in [0.15, 0.2) is 5.82 Å². The van der Waals surface area contributed by atoms with Crippen LogP contribution in [0.15, 0.2) is 10.9 Å². The Morgan fingerprint density at radius 3 is 3.00 bits per heavy atom. The van der Waals surface area contributed by atoms with Crippen LogP contribution in [0.4, 0.5) is 5.95 Å². The minimum atomic E-state index is 0.0618. The van der Waals surface area contributed by atoms with Gasteiger partial charge in [-0.1, -0.05) is 12.1 Å². The molecular weight excluding hydrogens is 260 g/mol. The highest BCUT2D eigenvalue weighted by Gasteiger charge is 2.06. The summed E-state index contributed by atoms with van der Waals surface area (Å²) in [5.74, 6) is 0.786. The second-order valence-corrected chi connectivity index (χ2v) is 3.60. The number of hydrogen-bond donors (Lipinski definition) is 1. The maximum Gasteiger partial charge on any atom is 0.322 e. The fourth-order valence-corrected chi connectivity index (χ4v) is 1.25. The van der Waals surface area contributed by atoms with Crippen LogP contribution < -0.4 is 10.1 Å². The van der Waals surface area contributed by atoms with E-state index in [1.165, 1.54) is 6.39 Å². The van der Waals surface area contributed by atoms with E-state index in [0.29, 0.717) is 24.9 Å². The first-order valence-electron chi connectivity index (χ1n) is 5.31. The van der Waals surface area contributed by atoms with Crippen molar-refractivity contribution in [2.45, 2.75) is 19.9 Å². The second kappa shape index (κ2) is 6.10. The van der Waals surface area contributed by atoms with Gasteiger partial charge in [-0.25, -0.2) is 0 Å². The normalized spacial score (nSPS) is 10.3. The number of rotatable bonds is 6. The van der Waals surface area contributed by atoms with Crippen LogP contribution in [-0.2, 0) is 6.54 Å². The standard InChI is InChI=1S/C9H11ClN6O2/c1-2-3-17-9-14-7(10)13-8(15-9)11-4-6-12-5-18-16-6/h5H,2-4H2,1H3,(H,11,13,14,15). The number of anilines is 1. The number of aromatic nitrogens is 5. The molecule has 1 N–H and O–H groups in total. The van der Waals surface area contributed by atoms with Crippen LogP contribution >= 0.6 is 11.6 Å². The Bertz CT molecular complexity index is 492. The van der Waals surface area contributed by atoms with Crippen LogP contribution in [0.1, 0.15) is 19.2 Å². The summed E-state index contributed by atoms with van der Waals surface area (Å²) in [4.78, 5) is 15.6. The van der Waals surface area contributed by atoms with Crippen molar-refractivity contribution < 1.29 is 9.26 Å². The Kier molecular flexibility index (Phi) is 4.24. The van der Waals surface area contributed by atoms with Crippen molar-refractivity contribution >= 4 is 17.5 Å². The largest absolute Gasteiger partial charge is 0.463 e. The molecular formula is C9H11ClN6O2. The quantitative estimate of drug-likeness (QED) is 0.839. The zero-order valence-corrected chi connectivity index (χ0v) is 10.4. The molecule has 0 atom stereocenters. The molecule has 0 fully saturated rings. The molecule has 9 heteroatoms. The molecule has 96 valence electrons. The Balaban J connectivity index is 2.00. The highest BCUT2D eigenvalue weighted by atomic mass is 35.5. The number of ether oxygens (including phenoxy) is 1. The molecule has 2 aromatic heterocycles. The highest BCUT2D eigenvalue weighted by molar-refractivity contribution is 6.28. The molecule has 0 aliphatic heterocycles. The Morgan fingerprint density at radius 1 is 1.39 bits per heavy atom. The molecule has 0 aliphatic carbocycles. The lowest BCUT2D eigenvalue weighted by Crippen LogP contribution is -2.08. The number of halogens is 1. The molecule has 2 rings (SSSR count). The van der Waals surface area contributed by atoms with Crippen LogP contribution in [-0.4, -0.2) is 31.7 Å². The van der Waals surface area contributed by atoms with Crippen molar-refractivity contribution in [3.63, 3.8) is 0 Å². The molecule has 2 heterocycles. The van der Waals surface area contributed by atoms with Crippen molar-refractivity contribution in [2.75, 3.05) is 11.9 Å². The minimum Gasteiger partial charge on any atom is -0.463 e. The first-order valence-corrected chi connectivity index (χ1v) is 5.69. The van der Waals surface area contributed by atoms with Gasteiger partial charge in [0.1, 0.15) is 0 Å². The fourth-order valence-electron chi connectivity index (χ4n) is 1.10. The summed E-state index contributed by atoms with van der Waals surface area (Å²) in [7, 11) is 0. The van der Waals surface area contributed by atoms with E-state index in [-0.39, 0.29) is 11.3 Å². The van der Waals surface area contributed by atoms with Crippen LogP contribution in [0.5, 0.6) is 6.01 Å². The zero-order valence-electron chi connectivity index (χ0n) is 9.63. The summed E-state index contributed by atoms with van der Waals surface area (Å²) >= 11 is 5.76.